The highest BCUT2D eigenvalue weighted by molar-refractivity contribution is 5.96. The van der Waals surface area contributed by atoms with Crippen LogP contribution in [-0.2, 0) is 54.3 Å². The zero-order valence-corrected chi connectivity index (χ0v) is 55.2. The largest absolute Gasteiger partial charge is 0.479 e. The highest BCUT2D eigenvalue weighted by Gasteiger charge is 2.49. The van der Waals surface area contributed by atoms with Gasteiger partial charge in [0.15, 0.2) is 12.4 Å². The minimum Gasteiger partial charge on any atom is -0.479 e. The van der Waals surface area contributed by atoms with Gasteiger partial charge in [0, 0.05) is 59.0 Å². The van der Waals surface area contributed by atoms with Crippen LogP contribution in [0.4, 0.5) is 10.5 Å². The lowest BCUT2D eigenvalue weighted by molar-refractivity contribution is -0.271. The molecule has 0 saturated carbocycles. The molecule has 0 unspecified atom stereocenters. The molecule has 7 amide bonds. The summed E-state index contributed by atoms with van der Waals surface area (Å²) in [6.45, 7) is 14.1. The summed E-state index contributed by atoms with van der Waals surface area (Å²) in [6, 6.07) is 15.2. The van der Waals surface area contributed by atoms with Crippen molar-refractivity contribution >= 4 is 53.2 Å². The number of carbonyl (C=O) groups excluding carboxylic acids is 7. The van der Waals surface area contributed by atoms with Gasteiger partial charge in [-0.1, -0.05) is 103 Å². The number of nitrogens with one attached hydrogen (secondary N) is 4. The van der Waals surface area contributed by atoms with Crippen LogP contribution in [0.25, 0.3) is 11.4 Å². The fourth-order valence-corrected chi connectivity index (χ4v) is 11.8. The second kappa shape index (κ2) is 34.7. The average molecular weight is 1310 g/mol. The van der Waals surface area contributed by atoms with Crippen molar-refractivity contribution in [2.24, 2.45) is 23.7 Å². The molecule has 6 rings (SSSR count). The normalized spacial score (nSPS) is 20.9. The van der Waals surface area contributed by atoms with E-state index in [1.807, 2.05) is 19.9 Å². The maximum absolute atomic E-state index is 14.9. The van der Waals surface area contributed by atoms with Crippen molar-refractivity contribution in [1.29, 1.82) is 0 Å². The number of aromatic nitrogens is 4. The van der Waals surface area contributed by atoms with Gasteiger partial charge in [-0.3, -0.25) is 33.7 Å². The number of anilines is 1. The Kier molecular flexibility index (Phi) is 27.6. The van der Waals surface area contributed by atoms with E-state index < -0.39 is 139 Å². The summed E-state index contributed by atoms with van der Waals surface area (Å²) in [5.74, 6) is -6.52. The van der Waals surface area contributed by atoms with E-state index in [0.29, 0.717) is 36.9 Å². The molecule has 3 heterocycles. The Labute approximate surface area is 546 Å². The minimum atomic E-state index is -2.03. The Balaban J connectivity index is 1.11. The Morgan fingerprint density at radius 2 is 1.47 bits per heavy atom. The molecule has 2 aliphatic rings. The summed E-state index contributed by atoms with van der Waals surface area (Å²) in [5, 5.41) is 78.5. The molecule has 1 aromatic heterocycles. The first-order chi connectivity index (χ1) is 44.6. The number of carbonyl (C=O) groups is 8. The minimum absolute atomic E-state index is 0.117. The highest BCUT2D eigenvalue weighted by Crippen LogP contribution is 2.33. The van der Waals surface area contributed by atoms with Gasteiger partial charge >= 0.3 is 12.1 Å². The number of hydrogen-bond acceptors (Lipinski definition) is 21. The number of aliphatic carboxylic acids is 1. The second-order valence-electron chi connectivity index (χ2n) is 24.5. The van der Waals surface area contributed by atoms with Crippen molar-refractivity contribution in [3.8, 4) is 17.1 Å². The number of carboxylic acids is 1. The van der Waals surface area contributed by atoms with E-state index in [-0.39, 0.29) is 65.5 Å². The van der Waals surface area contributed by atoms with Crippen LogP contribution in [0.1, 0.15) is 115 Å². The number of likely N-dealkylation sites (tertiary alicyclic amines) is 1. The number of amides is 7. The molecular weight excluding hydrogens is 1220 g/mol. The van der Waals surface area contributed by atoms with Gasteiger partial charge in [0.25, 0.3) is 5.91 Å². The van der Waals surface area contributed by atoms with E-state index in [1.54, 1.807) is 89.9 Å². The third-order valence-electron chi connectivity index (χ3n) is 17.3. The smallest absolute Gasteiger partial charge is 0.410 e. The number of methoxy groups -OCH3 is 2. The summed E-state index contributed by atoms with van der Waals surface area (Å²) < 4.78 is 28.9. The van der Waals surface area contributed by atoms with Crippen LogP contribution in [0.15, 0.2) is 79.1 Å². The molecule has 0 radical (unpaired) electrons. The van der Waals surface area contributed by atoms with Crippen LogP contribution >= 0.6 is 0 Å². The van der Waals surface area contributed by atoms with Crippen molar-refractivity contribution < 1.29 is 87.6 Å². The zero-order valence-electron chi connectivity index (χ0n) is 55.2. The summed E-state index contributed by atoms with van der Waals surface area (Å²) >= 11 is 0. The molecule has 0 aliphatic carbocycles. The molecule has 29 nitrogen and oxygen atoms in total. The molecule has 4 aromatic rings. The Bertz CT molecular complexity index is 3190. The first kappa shape index (κ1) is 74.7. The van der Waals surface area contributed by atoms with Gasteiger partial charge < -0.3 is 80.3 Å². The molecule has 514 valence electrons. The molecule has 9 N–H and O–H groups in total. The molecule has 2 fully saturated rings. The van der Waals surface area contributed by atoms with Crippen LogP contribution < -0.4 is 26.0 Å². The van der Waals surface area contributed by atoms with Crippen molar-refractivity contribution in [2.75, 3.05) is 46.7 Å². The van der Waals surface area contributed by atoms with Crippen molar-refractivity contribution in [3.05, 3.63) is 95.8 Å². The van der Waals surface area contributed by atoms with Gasteiger partial charge in [-0.2, -0.15) is 0 Å². The van der Waals surface area contributed by atoms with E-state index in [9.17, 15) is 63.9 Å². The van der Waals surface area contributed by atoms with Gasteiger partial charge in [0.2, 0.25) is 41.7 Å². The van der Waals surface area contributed by atoms with Crippen LogP contribution in [-0.4, -0.2) is 223 Å². The number of rotatable bonds is 31. The molecule has 2 saturated heterocycles. The standard InChI is InChI=1S/C65H91N11O18/c1-13-36(6)51(46(90-11)31-48(78)76-29-17-20-44(76)56(91-12)37(7)59(83)69-38(8)52(79)40-18-15-14-16-19-40)74(9)62(86)49(34(2)3)71-61(85)50(35(4)5)75(10)65(89)92-32-39-21-26-45(93-64-55(82)53(80)54(81)57(94-64)63(87)88)43(30-39)70-47(77)27-28-66-60(84)42-24-22-41(23-25-42)58-72-67-33-68-73-58/h14-16,18-19,21-26,30,33-38,44,46,49-57,64,79-82H,13,17,20,27-29,31-32H2,1-12H3,(H,66,84)(H,69,83)(H,70,77)(H,71,85)(H,87,88)/t36-,37+,38+,44-,46+,49-,50-,51-,52+,53-,54-,55+,56+,57-,64+/m0/s1. The average Bonchev–Trinajstić information content (AvgIpc) is 1.07. The number of likely N-dealkylation sites (N-methyl/N-ethyl adjacent to an activating group) is 2. The van der Waals surface area contributed by atoms with E-state index in [0.717, 1.165) is 4.90 Å². The van der Waals surface area contributed by atoms with Gasteiger partial charge in [-0.15, -0.1) is 20.4 Å². The van der Waals surface area contributed by atoms with Crippen LogP contribution in [0.5, 0.6) is 5.75 Å². The fraction of sp³-hybridized carbons (Fsp3) is 0.569. The predicted molar refractivity (Wildman–Crippen MR) is 338 cm³/mol. The fourth-order valence-electron chi connectivity index (χ4n) is 11.8. The Morgan fingerprint density at radius 3 is 2.07 bits per heavy atom. The third kappa shape index (κ3) is 19.0. The Hall–Kier alpha value is -8.32. The summed E-state index contributed by atoms with van der Waals surface area (Å²) in [6.07, 6.45) is -10.8. The SMILES string of the molecule is CC[C@H](C)[C@@H]([C@@H](CC(=O)N1CCC[C@H]1[C@H](OC)[C@@H](C)C(=O)N[C@H](C)[C@@H](O)c1ccccc1)OC)N(C)C(=O)[C@@H](NC(=O)[C@H](C(C)C)N(C)C(=O)OCc1ccc(O[C@@H]2O[C@H](C(=O)O)[C@@H](O)[C@H](O)[C@H]2O)c(NC(=O)CCNC(=O)c2ccc(-c3nncnn3)cc2)c1)C(C)C. The Morgan fingerprint density at radius 1 is 0.798 bits per heavy atom. The van der Waals surface area contributed by atoms with Crippen LogP contribution in [0.2, 0.25) is 0 Å². The number of aliphatic hydroxyl groups is 4. The lowest BCUT2D eigenvalue weighted by Crippen LogP contribution is -2.61. The molecule has 94 heavy (non-hydrogen) atoms. The first-order valence-corrected chi connectivity index (χ1v) is 31.4. The lowest BCUT2D eigenvalue weighted by atomic mass is 9.89. The van der Waals surface area contributed by atoms with Gasteiger partial charge in [-0.25, -0.2) is 9.59 Å². The first-order valence-electron chi connectivity index (χ1n) is 31.4. The third-order valence-corrected chi connectivity index (χ3v) is 17.3. The van der Waals surface area contributed by atoms with Crippen molar-refractivity contribution in [3.63, 3.8) is 0 Å². The zero-order chi connectivity index (χ0) is 69.2. The maximum Gasteiger partial charge on any atom is 0.410 e. The number of aliphatic hydroxyl groups excluding tert-OH is 4. The van der Waals surface area contributed by atoms with Crippen LogP contribution in [0.3, 0.4) is 0 Å². The molecular formula is C65H91N11O18. The lowest BCUT2D eigenvalue weighted by Gasteiger charge is -2.41. The molecule has 2 aliphatic heterocycles. The topological polar surface area (TPSA) is 393 Å². The number of nitrogens with zero attached hydrogens (tertiary/aromatic N) is 7. The van der Waals surface area contributed by atoms with E-state index in [1.165, 1.54) is 62.8 Å². The monoisotopic (exact) mass is 1310 g/mol. The van der Waals surface area contributed by atoms with E-state index >= 15 is 0 Å². The summed E-state index contributed by atoms with van der Waals surface area (Å²) in [7, 11) is 5.93. The van der Waals surface area contributed by atoms with E-state index in [2.05, 4.69) is 41.7 Å². The van der Waals surface area contributed by atoms with E-state index in [4.69, 9.17) is 23.7 Å². The van der Waals surface area contributed by atoms with Crippen molar-refractivity contribution in [2.45, 2.75) is 173 Å². The summed E-state index contributed by atoms with van der Waals surface area (Å²) in [4.78, 5) is 114. The molecule has 0 spiro atoms. The van der Waals surface area contributed by atoms with Crippen molar-refractivity contribution in [1.82, 2.24) is 51.0 Å². The van der Waals surface area contributed by atoms with Gasteiger partial charge in [0.05, 0.1) is 54.5 Å². The number of carboxylic acid groups (broad SMARTS) is 1. The number of ether oxygens (including phenoxy) is 5. The summed E-state index contributed by atoms with van der Waals surface area (Å²) in [5.41, 5.74) is 1.59. The van der Waals surface area contributed by atoms with Gasteiger partial charge in [0.1, 0.15) is 42.8 Å². The predicted octanol–water partition coefficient (Wildman–Crippen LogP) is 2.86. The highest BCUT2D eigenvalue weighted by atomic mass is 16.7. The van der Waals surface area contributed by atoms with Crippen LogP contribution in [0, 0.1) is 23.7 Å². The quantitative estimate of drug-likeness (QED) is 0.0350. The number of hydrogen-bond donors (Lipinski definition) is 9. The molecule has 15 atom stereocenters. The number of benzene rings is 3. The van der Waals surface area contributed by atoms with Gasteiger partial charge in [-0.05, 0) is 72.9 Å². The molecule has 29 heteroatoms. The maximum atomic E-state index is 14.9. The molecule has 0 bridgehead atoms. The second-order valence-corrected chi connectivity index (χ2v) is 24.5. The molecule has 3 aromatic carbocycles.